The average molecular weight is 398 g/mol. The second-order valence-corrected chi connectivity index (χ2v) is 8.67. The van der Waals surface area contributed by atoms with E-state index in [2.05, 4.69) is 0 Å². The minimum Gasteiger partial charge on any atom is -0.312 e. The van der Waals surface area contributed by atoms with Crippen LogP contribution in [0, 0.1) is 17.2 Å². The van der Waals surface area contributed by atoms with Crippen LogP contribution in [0.5, 0.6) is 0 Å². The van der Waals surface area contributed by atoms with Crippen molar-refractivity contribution in [2.75, 3.05) is 24.5 Å². The molecule has 0 atom stereocenters. The van der Waals surface area contributed by atoms with E-state index in [1.54, 1.807) is 4.90 Å². The van der Waals surface area contributed by atoms with Gasteiger partial charge >= 0.3 is 0 Å². The second kappa shape index (κ2) is 8.55. The van der Waals surface area contributed by atoms with Crippen molar-refractivity contribution >= 4 is 21.6 Å². The minimum atomic E-state index is -3.62. The lowest BCUT2D eigenvalue weighted by molar-refractivity contribution is -0.123. The van der Waals surface area contributed by atoms with Crippen LogP contribution >= 0.6 is 0 Å². The van der Waals surface area contributed by atoms with E-state index in [4.69, 9.17) is 5.26 Å². The minimum absolute atomic E-state index is 0.0455. The standard InChI is InChI=1S/C21H23N3O3S/c1-2-24(19-6-4-3-5-7-19)21(25)18-12-14-23(15-13-18)28(26,27)20-10-8-17(16-22)9-11-20/h3-11,18H,2,12-15H2,1H3. The molecule has 1 aliphatic rings. The third kappa shape index (κ3) is 4.08. The molecular weight excluding hydrogens is 374 g/mol. The second-order valence-electron chi connectivity index (χ2n) is 6.73. The highest BCUT2D eigenvalue weighted by Gasteiger charge is 2.33. The van der Waals surface area contributed by atoms with Crippen molar-refractivity contribution < 1.29 is 13.2 Å². The summed E-state index contributed by atoms with van der Waals surface area (Å²) in [4.78, 5) is 14.9. The van der Waals surface area contributed by atoms with E-state index in [-0.39, 0.29) is 16.7 Å². The zero-order valence-corrected chi connectivity index (χ0v) is 16.6. The van der Waals surface area contributed by atoms with Crippen LogP contribution in [0.1, 0.15) is 25.3 Å². The van der Waals surface area contributed by atoms with E-state index in [0.29, 0.717) is 38.0 Å². The molecule has 1 saturated heterocycles. The fourth-order valence-electron chi connectivity index (χ4n) is 3.49. The number of sulfonamides is 1. The molecule has 1 aliphatic heterocycles. The molecule has 0 aromatic heterocycles. The van der Waals surface area contributed by atoms with Crippen LogP contribution in [0.3, 0.4) is 0 Å². The van der Waals surface area contributed by atoms with Gasteiger partial charge in [-0.15, -0.1) is 0 Å². The zero-order valence-electron chi connectivity index (χ0n) is 15.8. The molecule has 146 valence electrons. The SMILES string of the molecule is CCN(C(=O)C1CCN(S(=O)(=O)c2ccc(C#N)cc2)CC1)c1ccccc1. The largest absolute Gasteiger partial charge is 0.312 e. The van der Waals surface area contributed by atoms with Crippen LogP contribution in [0.2, 0.25) is 0 Å². The van der Waals surface area contributed by atoms with E-state index in [1.807, 2.05) is 43.3 Å². The summed E-state index contributed by atoms with van der Waals surface area (Å²) in [6.07, 6.45) is 0.995. The number of hydrogen-bond acceptors (Lipinski definition) is 4. The third-order valence-electron chi connectivity index (χ3n) is 5.07. The van der Waals surface area contributed by atoms with Gasteiger partial charge in [0, 0.05) is 31.2 Å². The van der Waals surface area contributed by atoms with Gasteiger partial charge in [-0.2, -0.15) is 9.57 Å². The summed E-state index contributed by atoms with van der Waals surface area (Å²) in [5, 5.41) is 8.86. The molecule has 28 heavy (non-hydrogen) atoms. The lowest BCUT2D eigenvalue weighted by Crippen LogP contribution is -2.44. The Morgan fingerprint density at radius 2 is 1.71 bits per heavy atom. The lowest BCUT2D eigenvalue weighted by Gasteiger charge is -2.33. The number of nitriles is 1. The first-order valence-electron chi connectivity index (χ1n) is 9.34. The number of carbonyl (C=O) groups excluding carboxylic acids is 1. The number of anilines is 1. The Bertz CT molecular complexity index is 958. The predicted molar refractivity (Wildman–Crippen MR) is 107 cm³/mol. The quantitative estimate of drug-likeness (QED) is 0.777. The Morgan fingerprint density at radius 3 is 2.25 bits per heavy atom. The molecule has 1 heterocycles. The Morgan fingerprint density at radius 1 is 1.11 bits per heavy atom. The van der Waals surface area contributed by atoms with Gasteiger partial charge in [-0.1, -0.05) is 18.2 Å². The average Bonchev–Trinajstić information content (AvgIpc) is 2.75. The van der Waals surface area contributed by atoms with Gasteiger partial charge < -0.3 is 4.90 Å². The number of amides is 1. The normalized spacial score (nSPS) is 15.7. The van der Waals surface area contributed by atoms with Gasteiger partial charge in [0.1, 0.15) is 0 Å². The maximum atomic E-state index is 13.0. The monoisotopic (exact) mass is 397 g/mol. The van der Waals surface area contributed by atoms with Gasteiger partial charge in [0.05, 0.1) is 16.5 Å². The van der Waals surface area contributed by atoms with Gasteiger partial charge in [0.15, 0.2) is 0 Å². The maximum Gasteiger partial charge on any atom is 0.243 e. The molecule has 3 rings (SSSR count). The zero-order chi connectivity index (χ0) is 20.1. The van der Waals surface area contributed by atoms with Crippen molar-refractivity contribution in [3.05, 3.63) is 60.2 Å². The van der Waals surface area contributed by atoms with E-state index >= 15 is 0 Å². The highest BCUT2D eigenvalue weighted by molar-refractivity contribution is 7.89. The smallest absolute Gasteiger partial charge is 0.243 e. The summed E-state index contributed by atoms with van der Waals surface area (Å²) >= 11 is 0. The fourth-order valence-corrected chi connectivity index (χ4v) is 4.96. The molecule has 0 radical (unpaired) electrons. The summed E-state index contributed by atoms with van der Waals surface area (Å²) < 4.78 is 27.1. The molecule has 1 fully saturated rings. The Labute approximate surface area is 166 Å². The number of nitrogens with zero attached hydrogens (tertiary/aromatic N) is 3. The maximum absolute atomic E-state index is 13.0. The number of piperidine rings is 1. The summed E-state index contributed by atoms with van der Waals surface area (Å²) in [7, 11) is -3.62. The number of hydrogen-bond donors (Lipinski definition) is 0. The third-order valence-corrected chi connectivity index (χ3v) is 6.99. The number of para-hydroxylation sites is 1. The van der Waals surface area contributed by atoms with Crippen molar-refractivity contribution in [1.29, 1.82) is 5.26 Å². The molecule has 0 saturated carbocycles. The molecule has 0 aliphatic carbocycles. The van der Waals surface area contributed by atoms with Gasteiger partial charge in [0.25, 0.3) is 0 Å². The summed E-state index contributed by atoms with van der Waals surface area (Å²) in [5.41, 5.74) is 1.28. The predicted octanol–water partition coefficient (Wildman–Crippen LogP) is 3.01. The molecular formula is C21H23N3O3S. The van der Waals surface area contributed by atoms with E-state index in [1.165, 1.54) is 28.6 Å². The van der Waals surface area contributed by atoms with Crippen molar-refractivity contribution in [2.24, 2.45) is 5.92 Å². The summed E-state index contributed by atoms with van der Waals surface area (Å²) in [6.45, 7) is 3.14. The fraction of sp³-hybridized carbons (Fsp3) is 0.333. The van der Waals surface area contributed by atoms with Crippen LogP contribution in [0.4, 0.5) is 5.69 Å². The van der Waals surface area contributed by atoms with Crippen molar-refractivity contribution in [3.8, 4) is 6.07 Å². The van der Waals surface area contributed by atoms with Crippen LogP contribution < -0.4 is 4.90 Å². The summed E-state index contributed by atoms with van der Waals surface area (Å²) in [5.74, 6) is -0.142. The van der Waals surface area contributed by atoms with Crippen molar-refractivity contribution in [1.82, 2.24) is 4.31 Å². The van der Waals surface area contributed by atoms with E-state index < -0.39 is 10.0 Å². The van der Waals surface area contributed by atoms with Gasteiger partial charge in [-0.05, 0) is 56.2 Å². The molecule has 0 unspecified atom stereocenters. The molecule has 6 nitrogen and oxygen atoms in total. The van der Waals surface area contributed by atoms with E-state index in [0.717, 1.165) is 5.69 Å². The van der Waals surface area contributed by atoms with Gasteiger partial charge in [-0.25, -0.2) is 8.42 Å². The Kier molecular flexibility index (Phi) is 6.12. The first-order chi connectivity index (χ1) is 13.5. The molecule has 2 aromatic rings. The topological polar surface area (TPSA) is 81.5 Å². The van der Waals surface area contributed by atoms with Gasteiger partial charge in [-0.3, -0.25) is 4.79 Å². The first kappa shape index (κ1) is 20.1. The molecule has 0 bridgehead atoms. The van der Waals surface area contributed by atoms with Crippen LogP contribution in [-0.2, 0) is 14.8 Å². The highest BCUT2D eigenvalue weighted by Crippen LogP contribution is 2.27. The molecule has 7 heteroatoms. The number of benzene rings is 2. The Hall–Kier alpha value is -2.69. The number of carbonyl (C=O) groups is 1. The highest BCUT2D eigenvalue weighted by atomic mass is 32.2. The molecule has 0 spiro atoms. The van der Waals surface area contributed by atoms with Crippen molar-refractivity contribution in [3.63, 3.8) is 0 Å². The Balaban J connectivity index is 1.68. The molecule has 2 aromatic carbocycles. The molecule has 1 amide bonds. The summed E-state index contributed by atoms with van der Waals surface area (Å²) in [6, 6.07) is 17.4. The van der Waals surface area contributed by atoms with Crippen LogP contribution in [0.25, 0.3) is 0 Å². The van der Waals surface area contributed by atoms with Crippen molar-refractivity contribution in [2.45, 2.75) is 24.7 Å². The molecule has 0 N–H and O–H groups in total. The number of rotatable bonds is 5. The van der Waals surface area contributed by atoms with Crippen LogP contribution in [0.15, 0.2) is 59.5 Å². The lowest BCUT2D eigenvalue weighted by atomic mass is 9.96. The van der Waals surface area contributed by atoms with Crippen LogP contribution in [-0.4, -0.2) is 38.3 Å². The first-order valence-corrected chi connectivity index (χ1v) is 10.8. The van der Waals surface area contributed by atoms with E-state index in [9.17, 15) is 13.2 Å². The van der Waals surface area contributed by atoms with Gasteiger partial charge in [0.2, 0.25) is 15.9 Å².